The van der Waals surface area contributed by atoms with Crippen LogP contribution in [0.1, 0.15) is 66.4 Å². The van der Waals surface area contributed by atoms with E-state index in [-0.39, 0.29) is 12.2 Å². The van der Waals surface area contributed by atoms with E-state index in [1.165, 1.54) is 6.92 Å². The van der Waals surface area contributed by atoms with Gasteiger partial charge in [0, 0.05) is 24.7 Å². The van der Waals surface area contributed by atoms with Gasteiger partial charge in [0.25, 0.3) is 0 Å². The highest BCUT2D eigenvalue weighted by atomic mass is 16.7. The van der Waals surface area contributed by atoms with E-state index < -0.39 is 64.1 Å². The Morgan fingerprint density at radius 3 is 2.47 bits per heavy atom. The normalized spacial score (nSPS) is 45.7. The van der Waals surface area contributed by atoms with E-state index in [2.05, 4.69) is 20.4 Å². The number of rotatable bonds is 4. The highest BCUT2D eigenvalue weighted by Gasteiger charge is 2.84. The fourth-order valence-corrected chi connectivity index (χ4v) is 8.34. The molecule has 0 aromatic heterocycles. The van der Waals surface area contributed by atoms with E-state index in [1.807, 2.05) is 49.4 Å². The Hall–Kier alpha value is -2.32. The first-order valence-corrected chi connectivity index (χ1v) is 13.5. The number of benzene rings is 1. The molecule has 4 fully saturated rings. The van der Waals surface area contributed by atoms with Crippen LogP contribution in [-0.4, -0.2) is 58.3 Å². The molecule has 2 aliphatic heterocycles. The summed E-state index contributed by atoms with van der Waals surface area (Å²) in [5.41, 5.74) is -4.49. The molecule has 4 aliphatic rings. The SMILES string of the molecule is C=C[C@@]1(C)CC(=O)[C@@]23O[C@@H](/C=C/c4ccccc4)O[C@H]4CCC(C)(C)[C@H]([C@H](O)[C@H](OC(C)=O)[C@@]2(C)O1)[C@]43C. The molecule has 7 heteroatoms. The molecule has 1 spiro atoms. The Morgan fingerprint density at radius 1 is 1.16 bits per heavy atom. The molecule has 38 heavy (non-hydrogen) atoms. The average molecular weight is 525 g/mol. The second-order valence-electron chi connectivity index (χ2n) is 12.7. The molecular formula is C31H40O7. The van der Waals surface area contributed by atoms with Crippen molar-refractivity contribution in [3.8, 4) is 0 Å². The van der Waals surface area contributed by atoms with Gasteiger partial charge in [0.2, 0.25) is 0 Å². The lowest BCUT2D eigenvalue weighted by atomic mass is 9.39. The molecule has 2 heterocycles. The van der Waals surface area contributed by atoms with E-state index in [0.717, 1.165) is 12.0 Å². The van der Waals surface area contributed by atoms with Crippen molar-refractivity contribution in [2.45, 2.75) is 102 Å². The predicted molar refractivity (Wildman–Crippen MR) is 142 cm³/mol. The number of esters is 1. The fraction of sp³-hybridized carbons (Fsp3) is 0.613. The van der Waals surface area contributed by atoms with Crippen molar-refractivity contribution < 1.29 is 33.6 Å². The summed E-state index contributed by atoms with van der Waals surface area (Å²) in [6.45, 7) is 14.9. The molecular weight excluding hydrogens is 484 g/mol. The Balaban J connectivity index is 1.73. The summed E-state index contributed by atoms with van der Waals surface area (Å²) in [4.78, 5) is 27.0. The third kappa shape index (κ3) is 3.62. The van der Waals surface area contributed by atoms with Gasteiger partial charge in [-0.3, -0.25) is 9.59 Å². The summed E-state index contributed by atoms with van der Waals surface area (Å²) in [5.74, 6) is -1.19. The third-order valence-corrected chi connectivity index (χ3v) is 9.77. The van der Waals surface area contributed by atoms with Crippen LogP contribution < -0.4 is 0 Å². The van der Waals surface area contributed by atoms with E-state index in [4.69, 9.17) is 18.9 Å². The van der Waals surface area contributed by atoms with Gasteiger partial charge >= 0.3 is 5.97 Å². The molecule has 0 radical (unpaired) electrons. The Bertz CT molecular complexity index is 1160. The zero-order valence-corrected chi connectivity index (χ0v) is 23.2. The van der Waals surface area contributed by atoms with Crippen molar-refractivity contribution in [3.05, 3.63) is 54.6 Å². The van der Waals surface area contributed by atoms with Crippen molar-refractivity contribution in [2.24, 2.45) is 16.7 Å². The van der Waals surface area contributed by atoms with Gasteiger partial charge in [-0.2, -0.15) is 0 Å². The summed E-state index contributed by atoms with van der Waals surface area (Å²) in [6, 6.07) is 9.79. The van der Waals surface area contributed by atoms with Crippen LogP contribution in [0.25, 0.3) is 6.08 Å². The number of ether oxygens (including phenoxy) is 4. The summed E-state index contributed by atoms with van der Waals surface area (Å²) in [5, 5.41) is 12.0. The van der Waals surface area contributed by atoms with Gasteiger partial charge in [0.05, 0.1) is 17.8 Å². The average Bonchev–Trinajstić information content (AvgIpc) is 2.84. The monoisotopic (exact) mass is 524 g/mol. The van der Waals surface area contributed by atoms with Crippen LogP contribution in [0.3, 0.4) is 0 Å². The largest absolute Gasteiger partial charge is 0.457 e. The van der Waals surface area contributed by atoms with E-state index in [0.29, 0.717) is 6.42 Å². The molecule has 206 valence electrons. The molecule has 2 saturated heterocycles. The second-order valence-corrected chi connectivity index (χ2v) is 12.7. The minimum Gasteiger partial charge on any atom is -0.457 e. The van der Waals surface area contributed by atoms with Crippen LogP contribution in [-0.2, 0) is 28.5 Å². The van der Waals surface area contributed by atoms with Crippen LogP contribution in [0, 0.1) is 16.7 Å². The van der Waals surface area contributed by atoms with Crippen LogP contribution in [0.5, 0.6) is 0 Å². The molecule has 1 aromatic rings. The quantitative estimate of drug-likeness (QED) is 0.454. The van der Waals surface area contributed by atoms with Gasteiger partial charge in [0.1, 0.15) is 5.60 Å². The van der Waals surface area contributed by atoms with E-state index >= 15 is 0 Å². The number of hydrogen-bond acceptors (Lipinski definition) is 7. The van der Waals surface area contributed by atoms with Crippen LogP contribution in [0.2, 0.25) is 0 Å². The standard InChI is InChI=1S/C31H40O7/c1-8-28(5)18-21(33)31-29(6)22(36-23(37-31)15-14-20-12-10-9-11-13-20)16-17-27(3,4)25(29)24(34)26(35-19(2)32)30(31,7)38-28/h8-15,22-26,34H,1,16-18H2,2-7H3/b15-14+/t22-,23-,24-,25-,26-,28-,29-,30+,31-/m0/s1. The molecule has 7 nitrogen and oxygen atoms in total. The Morgan fingerprint density at radius 2 is 1.84 bits per heavy atom. The molecule has 0 unspecified atom stereocenters. The number of aliphatic hydroxyl groups excluding tert-OH is 1. The number of hydrogen-bond donors (Lipinski definition) is 1. The minimum atomic E-state index is -1.56. The Labute approximate surface area is 225 Å². The van der Waals surface area contributed by atoms with Gasteiger partial charge in [-0.05, 0) is 43.7 Å². The maximum Gasteiger partial charge on any atom is 0.303 e. The number of ketones is 1. The summed E-state index contributed by atoms with van der Waals surface area (Å²) >= 11 is 0. The minimum absolute atomic E-state index is 0.0412. The number of Topliss-reactive ketones (excluding diaryl/α,β-unsaturated/α-hetero) is 1. The maximum atomic E-state index is 14.6. The number of aliphatic hydroxyl groups is 1. The lowest BCUT2D eigenvalue weighted by molar-refractivity contribution is -0.434. The van der Waals surface area contributed by atoms with Crippen LogP contribution >= 0.6 is 0 Å². The van der Waals surface area contributed by atoms with Gasteiger partial charge in [0.15, 0.2) is 23.8 Å². The number of carbonyl (C=O) groups is 2. The van der Waals surface area contributed by atoms with Crippen LogP contribution in [0.15, 0.2) is 49.1 Å². The second kappa shape index (κ2) is 8.85. The number of carbonyl (C=O) groups excluding carboxylic acids is 2. The van der Waals surface area contributed by atoms with Gasteiger partial charge in [-0.25, -0.2) is 0 Å². The van der Waals surface area contributed by atoms with Crippen molar-refractivity contribution >= 4 is 17.8 Å². The Kier molecular flexibility index (Phi) is 6.35. The van der Waals surface area contributed by atoms with Gasteiger partial charge in [-0.1, -0.05) is 63.3 Å². The smallest absolute Gasteiger partial charge is 0.303 e. The first-order valence-electron chi connectivity index (χ1n) is 13.5. The van der Waals surface area contributed by atoms with E-state index in [9.17, 15) is 14.7 Å². The molecule has 2 saturated carbocycles. The molecule has 0 bridgehead atoms. The third-order valence-electron chi connectivity index (χ3n) is 9.77. The van der Waals surface area contributed by atoms with Crippen molar-refractivity contribution in [1.82, 2.24) is 0 Å². The molecule has 1 N–H and O–H groups in total. The fourth-order valence-electron chi connectivity index (χ4n) is 8.34. The van der Waals surface area contributed by atoms with E-state index in [1.54, 1.807) is 19.9 Å². The maximum absolute atomic E-state index is 14.6. The molecule has 2 aliphatic carbocycles. The molecule has 9 atom stereocenters. The zero-order valence-electron chi connectivity index (χ0n) is 23.2. The van der Waals surface area contributed by atoms with Crippen molar-refractivity contribution in [1.29, 1.82) is 0 Å². The lowest BCUT2D eigenvalue weighted by Crippen LogP contribution is -2.89. The summed E-state index contributed by atoms with van der Waals surface area (Å²) in [6.07, 6.45) is 3.34. The summed E-state index contributed by atoms with van der Waals surface area (Å²) < 4.78 is 26.0. The summed E-state index contributed by atoms with van der Waals surface area (Å²) in [7, 11) is 0. The van der Waals surface area contributed by atoms with Crippen LogP contribution in [0.4, 0.5) is 0 Å². The first-order chi connectivity index (χ1) is 17.7. The van der Waals surface area contributed by atoms with Gasteiger partial charge < -0.3 is 24.1 Å². The highest BCUT2D eigenvalue weighted by molar-refractivity contribution is 5.93. The topological polar surface area (TPSA) is 91.3 Å². The first kappa shape index (κ1) is 27.3. The predicted octanol–water partition coefficient (Wildman–Crippen LogP) is 4.62. The molecule has 1 aromatic carbocycles. The van der Waals surface area contributed by atoms with Crippen molar-refractivity contribution in [3.63, 3.8) is 0 Å². The lowest BCUT2D eigenvalue weighted by Gasteiger charge is -2.74. The van der Waals surface area contributed by atoms with Gasteiger partial charge in [-0.15, -0.1) is 6.58 Å². The highest BCUT2D eigenvalue weighted by Crippen LogP contribution is 2.70. The molecule has 5 rings (SSSR count). The van der Waals surface area contributed by atoms with Crippen molar-refractivity contribution in [2.75, 3.05) is 0 Å². The zero-order chi connectivity index (χ0) is 27.7. The molecule has 0 amide bonds.